The van der Waals surface area contributed by atoms with Gasteiger partial charge in [-0.25, -0.2) is 27.9 Å². The van der Waals surface area contributed by atoms with Crippen molar-refractivity contribution in [2.75, 3.05) is 11.9 Å². The number of rotatable bonds is 4. The van der Waals surface area contributed by atoms with E-state index < -0.39 is 42.0 Å². The minimum absolute atomic E-state index is 0.00472. The largest absolute Gasteiger partial charge is 0.346 e. The molecule has 7 nitrogen and oxygen atoms in total. The number of benzene rings is 1. The quantitative estimate of drug-likeness (QED) is 0.869. The van der Waals surface area contributed by atoms with E-state index in [2.05, 4.69) is 20.6 Å². The first-order chi connectivity index (χ1) is 12.4. The van der Waals surface area contributed by atoms with Crippen LogP contribution in [0.3, 0.4) is 0 Å². The summed E-state index contributed by atoms with van der Waals surface area (Å²) in [4.78, 5) is 32.5. The number of carbonyl (C=O) groups excluding carboxylic acids is 2. The van der Waals surface area contributed by atoms with Crippen LogP contribution in [0, 0.1) is 17.5 Å². The number of hydrogen-bond acceptors (Lipinski definition) is 4. The minimum atomic E-state index is -1.08. The standard InChI is InChI=1S/C16H14F3N5O2/c1-8(15-11(18)4-20-7-21-15)22-13(25)6-24-5-9-12(23-16(24)26)3-2-10(17)14(9)19/h2-4,7-8H,5-6H2,1H3,(H,22,25)(H,23,26)/t8-/m1/s1. The number of hydrogen-bond donors (Lipinski definition) is 2. The Balaban J connectivity index is 1.69. The van der Waals surface area contributed by atoms with E-state index in [0.717, 1.165) is 23.5 Å². The molecule has 1 aliphatic rings. The Morgan fingerprint density at radius 3 is 2.85 bits per heavy atom. The number of aromatic nitrogens is 2. The summed E-state index contributed by atoms with van der Waals surface area (Å²) in [5.74, 6) is -3.41. The number of halogens is 3. The van der Waals surface area contributed by atoms with Crippen LogP contribution in [0.15, 0.2) is 24.7 Å². The maximum Gasteiger partial charge on any atom is 0.322 e. The van der Waals surface area contributed by atoms with E-state index in [1.54, 1.807) is 0 Å². The number of amides is 3. The van der Waals surface area contributed by atoms with Crippen molar-refractivity contribution >= 4 is 17.6 Å². The van der Waals surface area contributed by atoms with Gasteiger partial charge in [0.15, 0.2) is 17.5 Å². The Morgan fingerprint density at radius 2 is 2.12 bits per heavy atom. The summed E-state index contributed by atoms with van der Waals surface area (Å²) in [7, 11) is 0. The third-order valence-electron chi connectivity index (χ3n) is 3.89. The van der Waals surface area contributed by atoms with Crippen LogP contribution in [0.1, 0.15) is 24.2 Å². The van der Waals surface area contributed by atoms with E-state index in [1.807, 2.05) is 0 Å². The highest BCUT2D eigenvalue weighted by Crippen LogP contribution is 2.27. The van der Waals surface area contributed by atoms with Crippen LogP contribution in [0.25, 0.3) is 0 Å². The normalized spacial score (nSPS) is 14.5. The van der Waals surface area contributed by atoms with Crippen LogP contribution in [0.2, 0.25) is 0 Å². The SMILES string of the molecule is C[C@@H](NC(=O)CN1Cc2c(ccc(F)c2F)NC1=O)c1ncncc1F. The lowest BCUT2D eigenvalue weighted by atomic mass is 10.1. The second-order valence-electron chi connectivity index (χ2n) is 5.72. The van der Waals surface area contributed by atoms with Gasteiger partial charge in [0.1, 0.15) is 18.6 Å². The van der Waals surface area contributed by atoms with Gasteiger partial charge in [0, 0.05) is 5.56 Å². The third kappa shape index (κ3) is 3.44. The van der Waals surface area contributed by atoms with E-state index in [9.17, 15) is 22.8 Å². The van der Waals surface area contributed by atoms with Gasteiger partial charge in [0.05, 0.1) is 24.5 Å². The molecule has 2 N–H and O–H groups in total. The highest BCUT2D eigenvalue weighted by molar-refractivity contribution is 5.94. The van der Waals surface area contributed by atoms with E-state index in [4.69, 9.17) is 0 Å². The van der Waals surface area contributed by atoms with Gasteiger partial charge in [-0.2, -0.15) is 0 Å². The summed E-state index contributed by atoms with van der Waals surface area (Å²) >= 11 is 0. The molecule has 1 aromatic carbocycles. The van der Waals surface area contributed by atoms with Gasteiger partial charge in [-0.1, -0.05) is 0 Å². The predicted molar refractivity (Wildman–Crippen MR) is 84.3 cm³/mol. The molecule has 26 heavy (non-hydrogen) atoms. The molecular formula is C16H14F3N5O2. The lowest BCUT2D eigenvalue weighted by Crippen LogP contribution is -2.45. The van der Waals surface area contributed by atoms with Crippen LogP contribution in [-0.4, -0.2) is 33.4 Å². The summed E-state index contributed by atoms with van der Waals surface area (Å²) in [6, 6.07) is 0.775. The summed E-state index contributed by atoms with van der Waals surface area (Å²) in [6.07, 6.45) is 2.12. The molecule has 0 saturated carbocycles. The highest BCUT2D eigenvalue weighted by Gasteiger charge is 2.28. The van der Waals surface area contributed by atoms with Crippen molar-refractivity contribution in [1.29, 1.82) is 0 Å². The first-order valence-corrected chi connectivity index (χ1v) is 7.64. The lowest BCUT2D eigenvalue weighted by Gasteiger charge is -2.29. The van der Waals surface area contributed by atoms with Crippen molar-refractivity contribution in [2.24, 2.45) is 0 Å². The van der Waals surface area contributed by atoms with Gasteiger partial charge in [-0.15, -0.1) is 0 Å². The summed E-state index contributed by atoms with van der Waals surface area (Å²) in [5, 5.41) is 4.89. The number of urea groups is 1. The lowest BCUT2D eigenvalue weighted by molar-refractivity contribution is -0.122. The topological polar surface area (TPSA) is 87.2 Å². The Hall–Kier alpha value is -3.17. The molecule has 1 atom stereocenters. The fraction of sp³-hybridized carbons (Fsp3) is 0.250. The maximum absolute atomic E-state index is 13.9. The molecule has 2 heterocycles. The smallest absolute Gasteiger partial charge is 0.322 e. The first-order valence-electron chi connectivity index (χ1n) is 7.64. The fourth-order valence-corrected chi connectivity index (χ4v) is 2.62. The zero-order chi connectivity index (χ0) is 18.8. The summed E-state index contributed by atoms with van der Waals surface area (Å²) < 4.78 is 40.9. The van der Waals surface area contributed by atoms with E-state index >= 15 is 0 Å². The van der Waals surface area contributed by atoms with E-state index in [-0.39, 0.29) is 23.5 Å². The van der Waals surface area contributed by atoms with Crippen molar-refractivity contribution in [1.82, 2.24) is 20.2 Å². The molecule has 3 rings (SSSR count). The van der Waals surface area contributed by atoms with Gasteiger partial charge in [-0.3, -0.25) is 4.79 Å². The van der Waals surface area contributed by atoms with E-state index in [1.165, 1.54) is 13.0 Å². The van der Waals surface area contributed by atoms with Crippen molar-refractivity contribution < 1.29 is 22.8 Å². The van der Waals surface area contributed by atoms with Crippen molar-refractivity contribution in [3.8, 4) is 0 Å². The zero-order valence-corrected chi connectivity index (χ0v) is 13.6. The molecule has 10 heteroatoms. The van der Waals surface area contributed by atoms with Crippen LogP contribution in [-0.2, 0) is 11.3 Å². The van der Waals surface area contributed by atoms with Crippen LogP contribution < -0.4 is 10.6 Å². The zero-order valence-electron chi connectivity index (χ0n) is 13.6. The minimum Gasteiger partial charge on any atom is -0.346 e. The summed E-state index contributed by atoms with van der Waals surface area (Å²) in [6.45, 7) is 0.830. The number of anilines is 1. The first kappa shape index (κ1) is 17.6. The average molecular weight is 365 g/mol. The number of fused-ring (bicyclic) bond motifs is 1. The molecular weight excluding hydrogens is 351 g/mol. The Morgan fingerprint density at radius 1 is 1.35 bits per heavy atom. The molecule has 0 bridgehead atoms. The maximum atomic E-state index is 13.9. The molecule has 0 spiro atoms. The van der Waals surface area contributed by atoms with Crippen LogP contribution >= 0.6 is 0 Å². The molecule has 3 amide bonds. The summed E-state index contributed by atoms with van der Waals surface area (Å²) in [5.41, 5.74) is 0.101. The number of nitrogens with one attached hydrogen (secondary N) is 2. The Labute approximate surface area is 146 Å². The van der Waals surface area contributed by atoms with Gasteiger partial charge in [-0.05, 0) is 19.1 Å². The second-order valence-corrected chi connectivity index (χ2v) is 5.72. The van der Waals surface area contributed by atoms with Gasteiger partial charge >= 0.3 is 6.03 Å². The molecule has 136 valence electrons. The van der Waals surface area contributed by atoms with E-state index in [0.29, 0.717) is 0 Å². The Bertz CT molecular complexity index is 877. The molecule has 1 aliphatic heterocycles. The van der Waals surface area contributed by atoms with Gasteiger partial charge in [0.25, 0.3) is 0 Å². The number of nitrogens with zero attached hydrogens (tertiary/aromatic N) is 3. The second kappa shape index (κ2) is 6.98. The Kier molecular flexibility index (Phi) is 4.74. The van der Waals surface area contributed by atoms with Gasteiger partial charge in [0.2, 0.25) is 5.91 Å². The molecule has 0 saturated heterocycles. The molecule has 0 radical (unpaired) electrons. The monoisotopic (exact) mass is 365 g/mol. The molecule has 0 fully saturated rings. The molecule has 0 unspecified atom stereocenters. The van der Waals surface area contributed by atoms with Crippen LogP contribution in [0.4, 0.5) is 23.7 Å². The van der Waals surface area contributed by atoms with Crippen LogP contribution in [0.5, 0.6) is 0 Å². The van der Waals surface area contributed by atoms with Crippen molar-refractivity contribution in [2.45, 2.75) is 19.5 Å². The molecule has 0 aliphatic carbocycles. The predicted octanol–water partition coefficient (Wildman–Crippen LogP) is 2.12. The average Bonchev–Trinajstić information content (AvgIpc) is 2.60. The molecule has 1 aromatic heterocycles. The number of carbonyl (C=O) groups is 2. The fourth-order valence-electron chi connectivity index (χ4n) is 2.62. The van der Waals surface area contributed by atoms with Crippen molar-refractivity contribution in [3.05, 3.63) is 53.4 Å². The van der Waals surface area contributed by atoms with Gasteiger partial charge < -0.3 is 15.5 Å². The highest BCUT2D eigenvalue weighted by atomic mass is 19.2. The molecule has 2 aromatic rings. The van der Waals surface area contributed by atoms with Crippen molar-refractivity contribution in [3.63, 3.8) is 0 Å². The third-order valence-corrected chi connectivity index (χ3v) is 3.89.